The molecule has 0 spiro atoms. The molecule has 2 aromatic heterocycles. The second-order valence-corrected chi connectivity index (χ2v) is 5.63. The van der Waals surface area contributed by atoms with Crippen LogP contribution in [-0.2, 0) is 0 Å². The molecule has 0 saturated carbocycles. The summed E-state index contributed by atoms with van der Waals surface area (Å²) < 4.78 is 1.58. The normalized spacial score (nSPS) is 12.4. The number of carbonyl (C=O) groups is 2. The summed E-state index contributed by atoms with van der Waals surface area (Å²) in [5.74, 6) is -1.20. The van der Waals surface area contributed by atoms with E-state index < -0.39 is 5.97 Å². The molecule has 0 fully saturated rings. The van der Waals surface area contributed by atoms with Gasteiger partial charge in [-0.3, -0.25) is 4.79 Å². The first-order valence-corrected chi connectivity index (χ1v) is 6.60. The minimum Gasteiger partial charge on any atom is -0.477 e. The second-order valence-electron chi connectivity index (χ2n) is 4.37. The lowest BCUT2D eigenvalue weighted by atomic mass is 10.2. The Labute approximate surface area is 114 Å². The molecular weight excluding hydrogens is 264 g/mol. The van der Waals surface area contributed by atoms with Crippen molar-refractivity contribution < 1.29 is 14.7 Å². The summed E-state index contributed by atoms with van der Waals surface area (Å²) >= 11 is 1.52. The summed E-state index contributed by atoms with van der Waals surface area (Å²) in [4.78, 5) is 28.0. The Morgan fingerprint density at radius 3 is 2.63 bits per heavy atom. The largest absolute Gasteiger partial charge is 0.477 e. The zero-order chi connectivity index (χ0) is 14.2. The summed E-state index contributed by atoms with van der Waals surface area (Å²) in [6, 6.07) is 1.19. The number of aromatic carboxylic acids is 1. The molecule has 1 N–H and O–H groups in total. The molecule has 0 aliphatic heterocycles. The number of thiazole rings is 1. The quantitative estimate of drug-likeness (QED) is 0.873. The Morgan fingerprint density at radius 2 is 2.16 bits per heavy atom. The van der Waals surface area contributed by atoms with E-state index in [9.17, 15) is 14.7 Å². The van der Waals surface area contributed by atoms with E-state index in [4.69, 9.17) is 0 Å². The maximum absolute atomic E-state index is 11.4. The summed E-state index contributed by atoms with van der Waals surface area (Å²) in [5.41, 5.74) is 0.503. The lowest BCUT2D eigenvalue weighted by molar-refractivity contribution is 0.0684. The van der Waals surface area contributed by atoms with Crippen LogP contribution in [0, 0.1) is 6.92 Å². The lowest BCUT2D eigenvalue weighted by Gasteiger charge is -2.12. The molecule has 19 heavy (non-hydrogen) atoms. The Hall–Kier alpha value is -1.95. The van der Waals surface area contributed by atoms with Crippen LogP contribution in [0.5, 0.6) is 0 Å². The molecule has 0 radical (unpaired) electrons. The SMILES string of the molecule is CC(=O)c1cc(C(=O)O)n(C(C)c2ncc(C)s2)c1. The maximum Gasteiger partial charge on any atom is 0.352 e. The van der Waals surface area contributed by atoms with Crippen molar-refractivity contribution >= 4 is 23.1 Å². The number of Topliss-reactive ketones (excluding diaryl/α,β-unsaturated/α-hetero) is 1. The van der Waals surface area contributed by atoms with Gasteiger partial charge in [0.25, 0.3) is 0 Å². The van der Waals surface area contributed by atoms with Gasteiger partial charge in [-0.25, -0.2) is 9.78 Å². The maximum atomic E-state index is 11.4. The van der Waals surface area contributed by atoms with Gasteiger partial charge in [-0.15, -0.1) is 11.3 Å². The number of ketones is 1. The standard InChI is InChI=1S/C13H14N2O3S/c1-7-5-14-12(19-7)8(2)15-6-10(9(3)16)4-11(15)13(17)18/h4-6,8H,1-3H3,(H,17,18). The van der Waals surface area contributed by atoms with E-state index in [1.165, 1.54) is 24.3 Å². The molecular formula is C13H14N2O3S. The molecule has 0 bridgehead atoms. The van der Waals surface area contributed by atoms with E-state index in [2.05, 4.69) is 4.98 Å². The monoisotopic (exact) mass is 278 g/mol. The number of rotatable bonds is 4. The molecule has 0 aliphatic carbocycles. The fourth-order valence-electron chi connectivity index (χ4n) is 1.85. The van der Waals surface area contributed by atoms with Gasteiger partial charge in [-0.1, -0.05) is 0 Å². The van der Waals surface area contributed by atoms with Crippen LogP contribution in [0.3, 0.4) is 0 Å². The number of hydrogen-bond donors (Lipinski definition) is 1. The first kappa shape index (κ1) is 13.5. The molecule has 2 aromatic rings. The van der Waals surface area contributed by atoms with E-state index in [-0.39, 0.29) is 17.5 Å². The van der Waals surface area contributed by atoms with Crippen LogP contribution in [0.2, 0.25) is 0 Å². The number of nitrogens with zero attached hydrogens (tertiary/aromatic N) is 2. The van der Waals surface area contributed by atoms with Gasteiger partial charge in [-0.05, 0) is 26.8 Å². The van der Waals surface area contributed by atoms with Crippen LogP contribution in [0.25, 0.3) is 0 Å². The number of aromatic nitrogens is 2. The summed E-state index contributed by atoms with van der Waals surface area (Å²) in [6.07, 6.45) is 3.33. The molecule has 1 atom stereocenters. The van der Waals surface area contributed by atoms with Gasteiger partial charge in [-0.2, -0.15) is 0 Å². The summed E-state index contributed by atoms with van der Waals surface area (Å²) in [6.45, 7) is 5.24. The number of aryl methyl sites for hydroxylation is 1. The smallest absolute Gasteiger partial charge is 0.352 e. The minimum atomic E-state index is -1.05. The Morgan fingerprint density at radius 1 is 1.47 bits per heavy atom. The van der Waals surface area contributed by atoms with Crippen molar-refractivity contribution in [3.8, 4) is 0 Å². The van der Waals surface area contributed by atoms with E-state index in [1.807, 2.05) is 13.8 Å². The zero-order valence-corrected chi connectivity index (χ0v) is 11.7. The molecule has 0 aliphatic rings. The highest BCUT2D eigenvalue weighted by molar-refractivity contribution is 7.11. The fraction of sp³-hybridized carbons (Fsp3) is 0.308. The third kappa shape index (κ3) is 2.58. The van der Waals surface area contributed by atoms with Crippen molar-refractivity contribution in [1.29, 1.82) is 0 Å². The topological polar surface area (TPSA) is 72.2 Å². The van der Waals surface area contributed by atoms with E-state index >= 15 is 0 Å². The molecule has 6 heteroatoms. The van der Waals surface area contributed by atoms with E-state index in [0.717, 1.165) is 9.88 Å². The average Bonchev–Trinajstić information content (AvgIpc) is 2.93. The van der Waals surface area contributed by atoms with E-state index in [0.29, 0.717) is 5.56 Å². The predicted octanol–water partition coefficient (Wildman–Crippen LogP) is 2.76. The first-order chi connectivity index (χ1) is 8.90. The van der Waals surface area contributed by atoms with Gasteiger partial charge in [0.2, 0.25) is 0 Å². The first-order valence-electron chi connectivity index (χ1n) is 5.78. The number of carboxylic acids is 1. The van der Waals surface area contributed by atoms with Crippen LogP contribution in [0.15, 0.2) is 18.5 Å². The zero-order valence-electron chi connectivity index (χ0n) is 10.9. The van der Waals surface area contributed by atoms with Crippen LogP contribution >= 0.6 is 11.3 Å². The van der Waals surface area contributed by atoms with E-state index in [1.54, 1.807) is 17.0 Å². The predicted molar refractivity (Wildman–Crippen MR) is 72.1 cm³/mol. The summed E-state index contributed by atoms with van der Waals surface area (Å²) in [5, 5.41) is 10.0. The van der Waals surface area contributed by atoms with Gasteiger partial charge < -0.3 is 9.67 Å². The average molecular weight is 278 g/mol. The molecule has 2 heterocycles. The molecule has 0 saturated heterocycles. The van der Waals surface area contributed by atoms with Gasteiger partial charge >= 0.3 is 5.97 Å². The van der Waals surface area contributed by atoms with Crippen LogP contribution in [-0.4, -0.2) is 26.4 Å². The lowest BCUT2D eigenvalue weighted by Crippen LogP contribution is -2.12. The van der Waals surface area contributed by atoms with Crippen LogP contribution in [0.4, 0.5) is 0 Å². The van der Waals surface area contributed by atoms with Crippen LogP contribution < -0.4 is 0 Å². The van der Waals surface area contributed by atoms with Crippen molar-refractivity contribution in [2.45, 2.75) is 26.8 Å². The molecule has 0 aromatic carbocycles. The third-order valence-corrected chi connectivity index (χ3v) is 3.97. The van der Waals surface area contributed by atoms with Crippen LogP contribution in [0.1, 0.15) is 50.6 Å². The molecule has 5 nitrogen and oxygen atoms in total. The van der Waals surface area contributed by atoms with Gasteiger partial charge in [0, 0.05) is 22.8 Å². The molecule has 100 valence electrons. The fourth-order valence-corrected chi connectivity index (χ4v) is 2.67. The Balaban J connectivity index is 2.48. The number of carboxylic acid groups (broad SMARTS) is 1. The molecule has 1 unspecified atom stereocenters. The van der Waals surface area contributed by atoms with Gasteiger partial charge in [0.1, 0.15) is 10.7 Å². The highest BCUT2D eigenvalue weighted by Crippen LogP contribution is 2.25. The Kier molecular flexibility index (Phi) is 3.53. The van der Waals surface area contributed by atoms with Crippen molar-refractivity contribution in [2.75, 3.05) is 0 Å². The number of hydrogen-bond acceptors (Lipinski definition) is 4. The molecule has 0 amide bonds. The van der Waals surface area contributed by atoms with Crippen molar-refractivity contribution in [1.82, 2.24) is 9.55 Å². The van der Waals surface area contributed by atoms with Gasteiger partial charge in [0.05, 0.1) is 6.04 Å². The minimum absolute atomic E-state index is 0.102. The third-order valence-electron chi connectivity index (χ3n) is 2.89. The van der Waals surface area contributed by atoms with Crippen molar-refractivity contribution in [3.63, 3.8) is 0 Å². The Bertz CT molecular complexity index is 642. The van der Waals surface area contributed by atoms with Gasteiger partial charge in [0.15, 0.2) is 5.78 Å². The summed E-state index contributed by atoms with van der Waals surface area (Å²) in [7, 11) is 0. The second kappa shape index (κ2) is 4.97. The van der Waals surface area contributed by atoms with Crippen molar-refractivity contribution in [3.05, 3.63) is 39.6 Å². The van der Waals surface area contributed by atoms with Crippen molar-refractivity contribution in [2.24, 2.45) is 0 Å². The molecule has 2 rings (SSSR count). The highest BCUT2D eigenvalue weighted by Gasteiger charge is 2.20. The highest BCUT2D eigenvalue weighted by atomic mass is 32.1. The number of carbonyl (C=O) groups excluding carboxylic acids is 1.